The number of benzene rings is 1. The lowest BCUT2D eigenvalue weighted by Gasteiger charge is -2.46. The smallest absolute Gasteiger partial charge is 0.126 e. The van der Waals surface area contributed by atoms with Gasteiger partial charge in [-0.1, -0.05) is 0 Å². The molecule has 1 atom stereocenters. The van der Waals surface area contributed by atoms with Crippen LogP contribution in [0.1, 0.15) is 30.9 Å². The Hall–Kier alpha value is -1.04. The van der Waals surface area contributed by atoms with Gasteiger partial charge in [-0.05, 0) is 37.0 Å². The molecule has 0 heterocycles. The van der Waals surface area contributed by atoms with E-state index in [2.05, 4.69) is 5.43 Å². The molecule has 1 fully saturated rings. The van der Waals surface area contributed by atoms with Gasteiger partial charge in [0.2, 0.25) is 0 Å². The van der Waals surface area contributed by atoms with Crippen LogP contribution in [0.4, 0.5) is 8.78 Å². The molecular weight excluding hydrogens is 226 g/mol. The molecule has 0 spiro atoms. The molecule has 0 bridgehead atoms. The zero-order valence-corrected chi connectivity index (χ0v) is 9.67. The summed E-state index contributed by atoms with van der Waals surface area (Å²) in [5, 5.41) is 0. The third kappa shape index (κ3) is 2.18. The molecule has 1 aromatic carbocycles. The van der Waals surface area contributed by atoms with Crippen LogP contribution in [0.25, 0.3) is 0 Å². The Kier molecular flexibility index (Phi) is 3.42. The van der Waals surface area contributed by atoms with Gasteiger partial charge in [0.05, 0.1) is 11.6 Å². The zero-order chi connectivity index (χ0) is 12.5. The maximum absolute atomic E-state index is 13.2. The highest BCUT2D eigenvalue weighted by atomic mass is 19.1. The SMILES string of the molecule is COC1(C(NN)c2cc(F)cc(F)c2)CCC1. The van der Waals surface area contributed by atoms with Gasteiger partial charge in [-0.15, -0.1) is 0 Å². The molecule has 0 aromatic heterocycles. The summed E-state index contributed by atoms with van der Waals surface area (Å²) in [7, 11) is 1.60. The molecule has 1 saturated carbocycles. The van der Waals surface area contributed by atoms with E-state index in [9.17, 15) is 8.78 Å². The number of nitrogens with one attached hydrogen (secondary N) is 1. The van der Waals surface area contributed by atoms with Gasteiger partial charge in [-0.3, -0.25) is 11.3 Å². The fourth-order valence-electron chi connectivity index (χ4n) is 2.43. The monoisotopic (exact) mass is 242 g/mol. The molecule has 3 nitrogen and oxygen atoms in total. The first kappa shape index (κ1) is 12.4. The molecule has 1 aliphatic rings. The summed E-state index contributed by atoms with van der Waals surface area (Å²) in [6, 6.07) is 3.02. The van der Waals surface area contributed by atoms with Crippen molar-refractivity contribution in [2.45, 2.75) is 30.9 Å². The van der Waals surface area contributed by atoms with E-state index in [0.29, 0.717) is 5.56 Å². The number of nitrogens with two attached hydrogens (primary N) is 1. The van der Waals surface area contributed by atoms with Crippen LogP contribution >= 0.6 is 0 Å². The predicted molar refractivity (Wildman–Crippen MR) is 60.0 cm³/mol. The highest BCUT2D eigenvalue weighted by molar-refractivity contribution is 5.25. The molecule has 0 aliphatic heterocycles. The fourth-order valence-corrected chi connectivity index (χ4v) is 2.43. The van der Waals surface area contributed by atoms with Crippen LogP contribution in [0.15, 0.2) is 18.2 Å². The lowest BCUT2D eigenvalue weighted by atomic mass is 9.72. The number of methoxy groups -OCH3 is 1. The van der Waals surface area contributed by atoms with Crippen molar-refractivity contribution in [1.29, 1.82) is 0 Å². The van der Waals surface area contributed by atoms with Crippen molar-refractivity contribution in [3.8, 4) is 0 Å². The number of hydrogen-bond donors (Lipinski definition) is 2. The average Bonchev–Trinajstić information content (AvgIpc) is 2.21. The Balaban J connectivity index is 2.34. The topological polar surface area (TPSA) is 47.3 Å². The van der Waals surface area contributed by atoms with E-state index in [4.69, 9.17) is 10.6 Å². The fraction of sp³-hybridized carbons (Fsp3) is 0.500. The van der Waals surface area contributed by atoms with E-state index >= 15 is 0 Å². The Labute approximate surface area is 98.9 Å². The summed E-state index contributed by atoms with van der Waals surface area (Å²) in [6.45, 7) is 0. The molecule has 0 radical (unpaired) electrons. The lowest BCUT2D eigenvalue weighted by molar-refractivity contribution is -0.0999. The van der Waals surface area contributed by atoms with Gasteiger partial charge in [0, 0.05) is 13.2 Å². The van der Waals surface area contributed by atoms with Gasteiger partial charge in [0.15, 0.2) is 0 Å². The minimum Gasteiger partial charge on any atom is -0.376 e. The Morgan fingerprint density at radius 2 is 1.88 bits per heavy atom. The molecular formula is C12H16F2N2O. The first-order valence-electron chi connectivity index (χ1n) is 5.58. The Morgan fingerprint density at radius 3 is 2.24 bits per heavy atom. The van der Waals surface area contributed by atoms with Gasteiger partial charge in [0.25, 0.3) is 0 Å². The van der Waals surface area contributed by atoms with Gasteiger partial charge in [0.1, 0.15) is 11.6 Å². The Bertz CT molecular complexity index is 382. The van der Waals surface area contributed by atoms with Crippen LogP contribution < -0.4 is 11.3 Å². The molecule has 3 N–H and O–H groups in total. The second kappa shape index (κ2) is 4.68. The van der Waals surface area contributed by atoms with Crippen molar-refractivity contribution in [3.63, 3.8) is 0 Å². The third-order valence-electron chi connectivity index (χ3n) is 3.52. The van der Waals surface area contributed by atoms with E-state index in [0.717, 1.165) is 25.3 Å². The summed E-state index contributed by atoms with van der Waals surface area (Å²) < 4.78 is 31.9. The van der Waals surface area contributed by atoms with Crippen LogP contribution in [0.5, 0.6) is 0 Å². The van der Waals surface area contributed by atoms with Crippen molar-refractivity contribution in [2.75, 3.05) is 7.11 Å². The van der Waals surface area contributed by atoms with Crippen LogP contribution in [0.2, 0.25) is 0 Å². The number of rotatable bonds is 4. The minimum absolute atomic E-state index is 0.397. The van der Waals surface area contributed by atoms with Crippen LogP contribution in [-0.4, -0.2) is 12.7 Å². The van der Waals surface area contributed by atoms with Crippen molar-refractivity contribution in [1.82, 2.24) is 5.43 Å². The van der Waals surface area contributed by atoms with E-state index < -0.39 is 23.3 Å². The molecule has 1 unspecified atom stereocenters. The number of hydrogen-bond acceptors (Lipinski definition) is 3. The predicted octanol–water partition coefficient (Wildman–Crippen LogP) is 2.04. The van der Waals surface area contributed by atoms with Crippen LogP contribution in [-0.2, 0) is 4.74 Å². The maximum Gasteiger partial charge on any atom is 0.126 e. The molecule has 5 heteroatoms. The zero-order valence-electron chi connectivity index (χ0n) is 9.67. The molecule has 2 rings (SSSR count). The standard InChI is InChI=1S/C12H16F2N2O/c1-17-12(3-2-4-12)11(16-15)8-5-9(13)7-10(14)6-8/h5-7,11,16H,2-4,15H2,1H3. The van der Waals surface area contributed by atoms with Gasteiger partial charge >= 0.3 is 0 Å². The number of hydrazine groups is 1. The summed E-state index contributed by atoms with van der Waals surface area (Å²) in [6.07, 6.45) is 2.69. The lowest BCUT2D eigenvalue weighted by Crippen LogP contribution is -2.52. The molecule has 0 saturated heterocycles. The van der Waals surface area contributed by atoms with E-state index in [1.165, 1.54) is 12.1 Å². The van der Waals surface area contributed by atoms with Crippen molar-refractivity contribution < 1.29 is 13.5 Å². The maximum atomic E-state index is 13.2. The summed E-state index contributed by atoms with van der Waals surface area (Å²) >= 11 is 0. The second-order valence-electron chi connectivity index (χ2n) is 4.42. The van der Waals surface area contributed by atoms with Crippen molar-refractivity contribution >= 4 is 0 Å². The van der Waals surface area contributed by atoms with E-state index in [1.807, 2.05) is 0 Å². The van der Waals surface area contributed by atoms with Crippen LogP contribution in [0.3, 0.4) is 0 Å². The van der Waals surface area contributed by atoms with Gasteiger partial charge in [-0.2, -0.15) is 0 Å². The highest BCUT2D eigenvalue weighted by Crippen LogP contribution is 2.44. The quantitative estimate of drug-likeness (QED) is 0.627. The normalized spacial score (nSPS) is 19.8. The van der Waals surface area contributed by atoms with Gasteiger partial charge < -0.3 is 4.74 Å². The molecule has 17 heavy (non-hydrogen) atoms. The summed E-state index contributed by atoms with van der Waals surface area (Å²) in [4.78, 5) is 0. The third-order valence-corrected chi connectivity index (χ3v) is 3.52. The first-order chi connectivity index (χ1) is 8.11. The molecule has 1 aromatic rings. The van der Waals surface area contributed by atoms with Crippen molar-refractivity contribution in [3.05, 3.63) is 35.4 Å². The highest BCUT2D eigenvalue weighted by Gasteiger charge is 2.45. The summed E-state index contributed by atoms with van der Waals surface area (Å²) in [5.74, 6) is 4.29. The number of ether oxygens (including phenoxy) is 1. The Morgan fingerprint density at radius 1 is 1.29 bits per heavy atom. The first-order valence-corrected chi connectivity index (χ1v) is 5.58. The molecule has 0 amide bonds. The molecule has 94 valence electrons. The van der Waals surface area contributed by atoms with Gasteiger partial charge in [-0.25, -0.2) is 8.78 Å². The average molecular weight is 242 g/mol. The van der Waals surface area contributed by atoms with E-state index in [-0.39, 0.29) is 0 Å². The summed E-state index contributed by atoms with van der Waals surface area (Å²) in [5.41, 5.74) is 2.64. The largest absolute Gasteiger partial charge is 0.376 e. The van der Waals surface area contributed by atoms with Crippen LogP contribution in [0, 0.1) is 11.6 Å². The van der Waals surface area contributed by atoms with Crippen molar-refractivity contribution in [2.24, 2.45) is 5.84 Å². The second-order valence-corrected chi connectivity index (χ2v) is 4.42. The van der Waals surface area contributed by atoms with E-state index in [1.54, 1.807) is 7.11 Å². The number of halogens is 2. The minimum atomic E-state index is -0.606. The molecule has 1 aliphatic carbocycles.